The first kappa shape index (κ1) is 21.0. The van der Waals surface area contributed by atoms with E-state index in [2.05, 4.69) is 10.5 Å². The number of benzene rings is 2. The van der Waals surface area contributed by atoms with Gasteiger partial charge >= 0.3 is 5.97 Å². The van der Waals surface area contributed by atoms with Crippen LogP contribution in [-0.2, 0) is 4.79 Å². The molecule has 156 valence electrons. The average Bonchev–Trinajstić information content (AvgIpc) is 2.79. The van der Waals surface area contributed by atoms with Crippen molar-refractivity contribution in [3.63, 3.8) is 0 Å². The van der Waals surface area contributed by atoms with E-state index in [0.717, 1.165) is 0 Å². The molecule has 1 aliphatic rings. The number of likely N-dealkylation sites (tertiary alicyclic amines) is 1. The van der Waals surface area contributed by atoms with Crippen LogP contribution in [0.2, 0.25) is 0 Å². The first-order valence-corrected chi connectivity index (χ1v) is 9.57. The van der Waals surface area contributed by atoms with Gasteiger partial charge in [0.2, 0.25) is 5.91 Å². The molecule has 0 saturated carbocycles. The van der Waals surface area contributed by atoms with Crippen LogP contribution >= 0.6 is 0 Å². The quantitative estimate of drug-likeness (QED) is 0.563. The Morgan fingerprint density at radius 1 is 1.10 bits per heavy atom. The summed E-state index contributed by atoms with van der Waals surface area (Å²) in [5, 5.41) is 12.8. The molecule has 2 aromatic rings. The number of carboxylic acid groups (broad SMARTS) is 1. The summed E-state index contributed by atoms with van der Waals surface area (Å²) >= 11 is 0. The number of aromatic carboxylic acids is 1. The molecule has 2 aromatic carbocycles. The van der Waals surface area contributed by atoms with Gasteiger partial charge in [-0.1, -0.05) is 18.2 Å². The van der Waals surface area contributed by atoms with Crippen LogP contribution in [0.15, 0.2) is 53.6 Å². The molecule has 0 spiro atoms. The average molecular weight is 409 g/mol. The molecule has 0 radical (unpaired) electrons. The number of nitrogens with one attached hydrogen (secondary N) is 1. The molecule has 1 aliphatic heterocycles. The number of hydrogen-bond acceptors (Lipinski definition) is 5. The molecule has 0 aliphatic carbocycles. The maximum absolute atomic E-state index is 12.6. The lowest BCUT2D eigenvalue weighted by Crippen LogP contribution is -2.42. The van der Waals surface area contributed by atoms with Crippen molar-refractivity contribution in [1.82, 2.24) is 10.3 Å². The summed E-state index contributed by atoms with van der Waals surface area (Å²) in [6.07, 6.45) is 2.58. The molecule has 8 heteroatoms. The van der Waals surface area contributed by atoms with E-state index in [-0.39, 0.29) is 23.3 Å². The minimum atomic E-state index is -0.997. The Balaban J connectivity index is 1.48. The Bertz CT molecular complexity index is 948. The van der Waals surface area contributed by atoms with Crippen LogP contribution in [0.25, 0.3) is 0 Å². The fourth-order valence-corrected chi connectivity index (χ4v) is 3.26. The van der Waals surface area contributed by atoms with Crippen molar-refractivity contribution in [3.05, 3.63) is 65.2 Å². The third-order valence-electron chi connectivity index (χ3n) is 5.02. The zero-order valence-electron chi connectivity index (χ0n) is 16.6. The zero-order chi connectivity index (χ0) is 21.5. The van der Waals surface area contributed by atoms with Crippen molar-refractivity contribution in [2.75, 3.05) is 20.2 Å². The zero-order valence-corrected chi connectivity index (χ0v) is 16.6. The Kier molecular flexibility index (Phi) is 6.79. The van der Waals surface area contributed by atoms with Gasteiger partial charge in [0, 0.05) is 24.6 Å². The van der Waals surface area contributed by atoms with E-state index in [1.807, 2.05) is 0 Å². The first-order valence-electron chi connectivity index (χ1n) is 9.57. The largest absolute Gasteiger partial charge is 0.497 e. The van der Waals surface area contributed by atoms with E-state index in [0.29, 0.717) is 42.8 Å². The van der Waals surface area contributed by atoms with Gasteiger partial charge in [0.15, 0.2) is 0 Å². The lowest BCUT2D eigenvalue weighted by molar-refractivity contribution is -0.126. The predicted octanol–water partition coefficient (Wildman–Crippen LogP) is 2.40. The maximum Gasteiger partial charge on any atom is 0.335 e. The second kappa shape index (κ2) is 9.69. The van der Waals surface area contributed by atoms with E-state index in [1.54, 1.807) is 48.4 Å². The van der Waals surface area contributed by atoms with Gasteiger partial charge < -0.3 is 14.7 Å². The molecular formula is C22H23N3O5. The monoisotopic (exact) mass is 409 g/mol. The summed E-state index contributed by atoms with van der Waals surface area (Å²) < 4.78 is 5.16. The summed E-state index contributed by atoms with van der Waals surface area (Å²) in [6.45, 7) is 0.989. The summed E-state index contributed by atoms with van der Waals surface area (Å²) in [5.41, 5.74) is 3.95. The molecule has 1 saturated heterocycles. The van der Waals surface area contributed by atoms with Crippen LogP contribution in [0, 0.1) is 5.92 Å². The van der Waals surface area contributed by atoms with Crippen molar-refractivity contribution in [3.8, 4) is 5.75 Å². The lowest BCUT2D eigenvalue weighted by atomic mass is 9.95. The highest BCUT2D eigenvalue weighted by atomic mass is 16.5. The minimum Gasteiger partial charge on any atom is -0.497 e. The van der Waals surface area contributed by atoms with Crippen LogP contribution < -0.4 is 10.2 Å². The summed E-state index contributed by atoms with van der Waals surface area (Å²) in [5.74, 6) is -0.850. The number of piperidine rings is 1. The van der Waals surface area contributed by atoms with Crippen LogP contribution in [-0.4, -0.2) is 54.2 Å². The lowest BCUT2D eigenvalue weighted by Gasteiger charge is -2.31. The van der Waals surface area contributed by atoms with Crippen molar-refractivity contribution < 1.29 is 24.2 Å². The highest BCUT2D eigenvalue weighted by molar-refractivity contribution is 5.95. The van der Waals surface area contributed by atoms with Gasteiger partial charge in [0.1, 0.15) is 5.75 Å². The molecule has 2 amide bonds. The number of hydrogen-bond donors (Lipinski definition) is 2. The van der Waals surface area contributed by atoms with Crippen molar-refractivity contribution >= 4 is 24.0 Å². The Morgan fingerprint density at radius 2 is 1.80 bits per heavy atom. The van der Waals surface area contributed by atoms with Gasteiger partial charge in [-0.25, -0.2) is 10.2 Å². The Morgan fingerprint density at radius 3 is 2.43 bits per heavy atom. The fourth-order valence-electron chi connectivity index (χ4n) is 3.26. The molecule has 3 rings (SSSR count). The van der Waals surface area contributed by atoms with Gasteiger partial charge in [-0.05, 0) is 48.7 Å². The van der Waals surface area contributed by atoms with E-state index >= 15 is 0 Å². The van der Waals surface area contributed by atoms with E-state index in [1.165, 1.54) is 18.3 Å². The van der Waals surface area contributed by atoms with Crippen molar-refractivity contribution in [1.29, 1.82) is 0 Å². The number of nitrogens with zero attached hydrogens (tertiary/aromatic N) is 2. The third-order valence-corrected chi connectivity index (χ3v) is 5.02. The van der Waals surface area contributed by atoms with Gasteiger partial charge in [0.25, 0.3) is 5.91 Å². The second-order valence-electron chi connectivity index (χ2n) is 6.96. The van der Waals surface area contributed by atoms with E-state index in [9.17, 15) is 14.4 Å². The normalized spacial score (nSPS) is 14.5. The standard InChI is InChI=1S/C22H23N3O5/c1-30-19-4-2-3-18(13-19)21(27)25-11-9-16(10-12-25)20(26)24-23-14-15-5-7-17(8-6-15)22(28)29/h2-8,13-14,16H,9-12H2,1H3,(H,24,26)(H,28,29)/b23-14+. The summed E-state index contributed by atoms with van der Waals surface area (Å²) in [4.78, 5) is 37.6. The highest BCUT2D eigenvalue weighted by Crippen LogP contribution is 2.21. The Labute approximate surface area is 174 Å². The predicted molar refractivity (Wildman–Crippen MR) is 111 cm³/mol. The van der Waals surface area contributed by atoms with Crippen LogP contribution in [0.3, 0.4) is 0 Å². The maximum atomic E-state index is 12.6. The molecule has 30 heavy (non-hydrogen) atoms. The van der Waals surface area contributed by atoms with Crippen LogP contribution in [0.4, 0.5) is 0 Å². The van der Waals surface area contributed by atoms with E-state index < -0.39 is 5.97 Å². The number of methoxy groups -OCH3 is 1. The van der Waals surface area contributed by atoms with E-state index in [4.69, 9.17) is 9.84 Å². The first-order chi connectivity index (χ1) is 14.5. The number of rotatable bonds is 6. The molecular weight excluding hydrogens is 386 g/mol. The Hall–Kier alpha value is -3.68. The SMILES string of the molecule is COc1cccc(C(=O)N2CCC(C(=O)N/N=C/c3ccc(C(=O)O)cc3)CC2)c1. The number of amides is 2. The van der Waals surface area contributed by atoms with Gasteiger partial charge in [-0.15, -0.1) is 0 Å². The number of carbonyl (C=O) groups excluding carboxylic acids is 2. The van der Waals surface area contributed by atoms with Crippen molar-refractivity contribution in [2.45, 2.75) is 12.8 Å². The number of carboxylic acids is 1. The third kappa shape index (κ3) is 5.22. The molecule has 8 nitrogen and oxygen atoms in total. The topological polar surface area (TPSA) is 108 Å². The molecule has 0 aromatic heterocycles. The number of carbonyl (C=O) groups is 3. The molecule has 2 N–H and O–H groups in total. The van der Waals surface area contributed by atoms with Crippen molar-refractivity contribution in [2.24, 2.45) is 11.0 Å². The number of ether oxygens (including phenoxy) is 1. The highest BCUT2D eigenvalue weighted by Gasteiger charge is 2.27. The smallest absolute Gasteiger partial charge is 0.335 e. The summed E-state index contributed by atoms with van der Waals surface area (Å²) in [7, 11) is 1.56. The van der Waals surface area contributed by atoms with Gasteiger partial charge in [0.05, 0.1) is 18.9 Å². The summed E-state index contributed by atoms with van der Waals surface area (Å²) in [6, 6.07) is 13.2. The van der Waals surface area contributed by atoms with Crippen LogP contribution in [0.5, 0.6) is 5.75 Å². The molecule has 0 unspecified atom stereocenters. The van der Waals surface area contributed by atoms with Crippen LogP contribution in [0.1, 0.15) is 39.1 Å². The fraction of sp³-hybridized carbons (Fsp3) is 0.273. The molecule has 0 atom stereocenters. The van der Waals surface area contributed by atoms with Gasteiger partial charge in [-0.2, -0.15) is 5.10 Å². The molecule has 0 bridgehead atoms. The molecule has 1 fully saturated rings. The minimum absolute atomic E-state index is 0.0735. The molecule has 1 heterocycles. The second-order valence-corrected chi connectivity index (χ2v) is 6.96. The van der Waals surface area contributed by atoms with Gasteiger partial charge in [-0.3, -0.25) is 9.59 Å². The number of hydrazone groups is 1.